The quantitative estimate of drug-likeness (QED) is 0.795. The summed E-state index contributed by atoms with van der Waals surface area (Å²) in [6.07, 6.45) is 0. The summed E-state index contributed by atoms with van der Waals surface area (Å²) < 4.78 is 0. The van der Waals surface area contributed by atoms with Gasteiger partial charge in [0.25, 0.3) is 0 Å². The molecule has 2 saturated heterocycles. The predicted molar refractivity (Wildman–Crippen MR) is 74.1 cm³/mol. The van der Waals surface area contributed by atoms with Crippen molar-refractivity contribution in [2.24, 2.45) is 0 Å². The smallest absolute Gasteiger partial charge is 0.317 e. The van der Waals surface area contributed by atoms with E-state index in [0.717, 1.165) is 37.3 Å². The number of nitrogens with one attached hydrogen (secondary N) is 2. The van der Waals surface area contributed by atoms with E-state index in [2.05, 4.69) is 10.6 Å². The molecule has 20 heavy (non-hydrogen) atoms. The molecule has 2 N–H and O–H groups in total. The third-order valence-electron chi connectivity index (χ3n) is 3.38. The van der Waals surface area contributed by atoms with Crippen molar-refractivity contribution in [1.82, 2.24) is 20.4 Å². The Bertz CT molecular complexity index is 459. The molecule has 2 aliphatic heterocycles. The molecule has 6 heteroatoms. The molecule has 6 nitrogen and oxygen atoms in total. The van der Waals surface area contributed by atoms with E-state index in [-0.39, 0.29) is 12.1 Å². The molecule has 0 unspecified atom stereocenters. The molecule has 2 aliphatic rings. The first-order chi connectivity index (χ1) is 9.72. The number of nitrogens with zero attached hydrogens (tertiary/aromatic N) is 2. The zero-order valence-corrected chi connectivity index (χ0v) is 11.3. The van der Waals surface area contributed by atoms with E-state index >= 15 is 0 Å². The van der Waals surface area contributed by atoms with Crippen LogP contribution in [0, 0.1) is 0 Å². The standard InChI is InChI=1S/C14H18N4O2/c19-13(17-5-6-17)15-9-11-1-2-12(4-3-11)10-16-14(20)18-7-8-18/h1-4H,5-10H2,(H,15,19)(H,16,20). The maximum atomic E-state index is 11.5. The van der Waals surface area contributed by atoms with Gasteiger partial charge in [0.15, 0.2) is 0 Å². The molecule has 1 aromatic carbocycles. The summed E-state index contributed by atoms with van der Waals surface area (Å²) in [5.74, 6) is 0. The number of rotatable bonds is 4. The molecule has 3 rings (SSSR count). The fourth-order valence-electron chi connectivity index (χ4n) is 1.86. The second kappa shape index (κ2) is 5.40. The van der Waals surface area contributed by atoms with E-state index in [0.29, 0.717) is 13.1 Å². The Morgan fingerprint density at radius 3 is 1.45 bits per heavy atom. The highest BCUT2D eigenvalue weighted by Gasteiger charge is 2.24. The monoisotopic (exact) mass is 274 g/mol. The molecule has 0 atom stereocenters. The van der Waals surface area contributed by atoms with E-state index < -0.39 is 0 Å². The summed E-state index contributed by atoms with van der Waals surface area (Å²) in [6, 6.07) is 7.89. The first-order valence-electron chi connectivity index (χ1n) is 6.86. The van der Waals surface area contributed by atoms with Crippen molar-refractivity contribution in [3.8, 4) is 0 Å². The van der Waals surface area contributed by atoms with Crippen molar-refractivity contribution in [1.29, 1.82) is 0 Å². The molecule has 106 valence electrons. The lowest BCUT2D eigenvalue weighted by Crippen LogP contribution is -2.28. The fourth-order valence-corrected chi connectivity index (χ4v) is 1.86. The van der Waals surface area contributed by atoms with Crippen LogP contribution in [-0.2, 0) is 13.1 Å². The summed E-state index contributed by atoms with van der Waals surface area (Å²) >= 11 is 0. The zero-order chi connectivity index (χ0) is 13.9. The van der Waals surface area contributed by atoms with E-state index in [1.54, 1.807) is 9.80 Å². The van der Waals surface area contributed by atoms with Gasteiger partial charge in [0.1, 0.15) is 0 Å². The van der Waals surface area contributed by atoms with Crippen molar-refractivity contribution in [3.63, 3.8) is 0 Å². The molecule has 0 aromatic heterocycles. The topological polar surface area (TPSA) is 64.2 Å². The van der Waals surface area contributed by atoms with Crippen LogP contribution in [0.1, 0.15) is 11.1 Å². The van der Waals surface area contributed by atoms with Gasteiger partial charge in [-0.05, 0) is 11.1 Å². The van der Waals surface area contributed by atoms with Crippen LogP contribution in [0.15, 0.2) is 24.3 Å². The van der Waals surface area contributed by atoms with Crippen molar-refractivity contribution in [2.75, 3.05) is 26.2 Å². The first-order valence-corrected chi connectivity index (χ1v) is 6.86. The van der Waals surface area contributed by atoms with Crippen LogP contribution in [-0.4, -0.2) is 48.0 Å². The highest BCUT2D eigenvalue weighted by atomic mass is 16.2. The van der Waals surface area contributed by atoms with E-state index in [1.807, 2.05) is 24.3 Å². The van der Waals surface area contributed by atoms with Crippen LogP contribution in [0.5, 0.6) is 0 Å². The van der Waals surface area contributed by atoms with Gasteiger partial charge in [-0.2, -0.15) is 0 Å². The molecule has 0 spiro atoms. The van der Waals surface area contributed by atoms with E-state index in [4.69, 9.17) is 0 Å². The Morgan fingerprint density at radius 2 is 1.15 bits per heavy atom. The average molecular weight is 274 g/mol. The number of carbonyl (C=O) groups excluding carboxylic acids is 2. The maximum absolute atomic E-state index is 11.5. The molecular weight excluding hydrogens is 256 g/mol. The van der Waals surface area contributed by atoms with Crippen molar-refractivity contribution >= 4 is 12.1 Å². The van der Waals surface area contributed by atoms with Gasteiger partial charge in [0.05, 0.1) is 0 Å². The molecule has 4 amide bonds. The third-order valence-corrected chi connectivity index (χ3v) is 3.38. The first kappa shape index (κ1) is 12.8. The molecule has 0 saturated carbocycles. The van der Waals surface area contributed by atoms with Gasteiger partial charge in [-0.1, -0.05) is 24.3 Å². The van der Waals surface area contributed by atoms with Crippen LogP contribution in [0.2, 0.25) is 0 Å². The Hall–Kier alpha value is -2.24. The minimum absolute atomic E-state index is 0.000164. The molecular formula is C14H18N4O2. The molecule has 0 aliphatic carbocycles. The van der Waals surface area contributed by atoms with Gasteiger partial charge in [0, 0.05) is 39.3 Å². The van der Waals surface area contributed by atoms with Gasteiger partial charge in [-0.15, -0.1) is 0 Å². The lowest BCUT2D eigenvalue weighted by Gasteiger charge is -2.08. The Labute approximate surface area is 117 Å². The van der Waals surface area contributed by atoms with Crippen LogP contribution in [0.25, 0.3) is 0 Å². The number of benzene rings is 1. The van der Waals surface area contributed by atoms with Crippen molar-refractivity contribution in [3.05, 3.63) is 35.4 Å². The number of hydrogen-bond acceptors (Lipinski definition) is 2. The van der Waals surface area contributed by atoms with Crippen molar-refractivity contribution in [2.45, 2.75) is 13.1 Å². The van der Waals surface area contributed by atoms with E-state index in [1.165, 1.54) is 0 Å². The Morgan fingerprint density at radius 1 is 0.800 bits per heavy atom. The van der Waals surface area contributed by atoms with Crippen LogP contribution in [0.3, 0.4) is 0 Å². The molecule has 1 aromatic rings. The number of amides is 4. The molecule has 0 bridgehead atoms. The van der Waals surface area contributed by atoms with Crippen LogP contribution < -0.4 is 10.6 Å². The minimum Gasteiger partial charge on any atom is -0.334 e. The van der Waals surface area contributed by atoms with Gasteiger partial charge >= 0.3 is 12.1 Å². The van der Waals surface area contributed by atoms with Gasteiger partial charge in [-0.3, -0.25) is 0 Å². The number of hydrogen-bond donors (Lipinski definition) is 2. The van der Waals surface area contributed by atoms with Crippen molar-refractivity contribution < 1.29 is 9.59 Å². The maximum Gasteiger partial charge on any atom is 0.317 e. The summed E-state index contributed by atoms with van der Waals surface area (Å²) in [7, 11) is 0. The summed E-state index contributed by atoms with van der Waals surface area (Å²) in [5.41, 5.74) is 2.11. The third kappa shape index (κ3) is 3.40. The normalized spacial score (nSPS) is 15.8. The molecule has 0 radical (unpaired) electrons. The van der Waals surface area contributed by atoms with E-state index in [9.17, 15) is 9.59 Å². The largest absolute Gasteiger partial charge is 0.334 e. The molecule has 2 fully saturated rings. The average Bonchev–Trinajstić information content (AvgIpc) is 3.33. The fraction of sp³-hybridized carbons (Fsp3) is 0.429. The lowest BCUT2D eigenvalue weighted by atomic mass is 10.1. The second-order valence-corrected chi connectivity index (χ2v) is 5.11. The Balaban J connectivity index is 1.43. The summed E-state index contributed by atoms with van der Waals surface area (Å²) in [4.78, 5) is 26.4. The van der Waals surface area contributed by atoms with Gasteiger partial charge < -0.3 is 20.4 Å². The summed E-state index contributed by atoms with van der Waals surface area (Å²) in [6.45, 7) is 4.53. The van der Waals surface area contributed by atoms with Gasteiger partial charge in [0.2, 0.25) is 0 Å². The lowest BCUT2D eigenvalue weighted by molar-refractivity contribution is 0.228. The summed E-state index contributed by atoms with van der Waals surface area (Å²) in [5, 5.41) is 5.73. The number of urea groups is 2. The highest BCUT2D eigenvalue weighted by molar-refractivity contribution is 5.76. The predicted octanol–water partition coefficient (Wildman–Crippen LogP) is 0.737. The highest BCUT2D eigenvalue weighted by Crippen LogP contribution is 2.08. The SMILES string of the molecule is O=C(NCc1ccc(CNC(=O)N2CC2)cc1)N1CC1. The zero-order valence-electron chi connectivity index (χ0n) is 11.3. The van der Waals surface area contributed by atoms with Gasteiger partial charge in [-0.25, -0.2) is 9.59 Å². The minimum atomic E-state index is -0.000164. The Kier molecular flexibility index (Phi) is 3.45. The van der Waals surface area contributed by atoms with Crippen LogP contribution >= 0.6 is 0 Å². The molecule has 2 heterocycles. The second-order valence-electron chi connectivity index (χ2n) is 5.11. The van der Waals surface area contributed by atoms with Crippen LogP contribution in [0.4, 0.5) is 9.59 Å². The number of carbonyl (C=O) groups is 2.